The van der Waals surface area contributed by atoms with Crippen LogP contribution in [0.1, 0.15) is 5.56 Å². The monoisotopic (exact) mass is 268 g/mol. The summed E-state index contributed by atoms with van der Waals surface area (Å²) in [5.74, 6) is -0.121. The lowest BCUT2D eigenvalue weighted by Crippen LogP contribution is -2.42. The first-order valence-electron chi connectivity index (χ1n) is 5.98. The smallest absolute Gasteiger partial charge is 0.227 e. The number of hydrogen-bond donors (Lipinski definition) is 2. The lowest BCUT2D eigenvalue weighted by Gasteiger charge is -2.16. The Hall–Kier alpha value is -1.10. The Bertz CT molecular complexity index is 425. The molecule has 0 radical (unpaired) electrons. The minimum Gasteiger partial charge on any atom is -0.379 e. The summed E-state index contributed by atoms with van der Waals surface area (Å²) in [5.41, 5.74) is 0.924. The molecule has 0 saturated carbocycles. The van der Waals surface area contributed by atoms with Crippen molar-refractivity contribution < 1.29 is 9.53 Å². The second-order valence-corrected chi connectivity index (χ2v) is 4.76. The molecule has 1 amide bonds. The fraction of sp³-hybridized carbons (Fsp3) is 0.462. The zero-order valence-electron chi connectivity index (χ0n) is 10.3. The van der Waals surface area contributed by atoms with Crippen molar-refractivity contribution in [3.8, 4) is 0 Å². The average molecular weight is 269 g/mol. The van der Waals surface area contributed by atoms with Gasteiger partial charge in [-0.15, -0.1) is 0 Å². The Morgan fingerprint density at radius 2 is 2.22 bits per heavy atom. The first-order valence-corrected chi connectivity index (χ1v) is 6.36. The van der Waals surface area contributed by atoms with Gasteiger partial charge in [-0.3, -0.25) is 4.79 Å². The number of likely N-dealkylation sites (N-methyl/N-ethyl adjacent to an activating group) is 1. The van der Waals surface area contributed by atoms with Gasteiger partial charge in [0.05, 0.1) is 19.1 Å². The second-order valence-electron chi connectivity index (χ2n) is 4.35. The van der Waals surface area contributed by atoms with Crippen LogP contribution in [0.4, 0.5) is 0 Å². The summed E-state index contributed by atoms with van der Waals surface area (Å²) in [7, 11) is 1.84. The molecule has 0 bridgehead atoms. The summed E-state index contributed by atoms with van der Waals surface area (Å²) in [6.45, 7) is 1.51. The molecular formula is C13H17ClN2O2. The molecule has 1 aliphatic heterocycles. The molecule has 1 aliphatic rings. The fourth-order valence-electron chi connectivity index (χ4n) is 2.05. The third-order valence-corrected chi connectivity index (χ3v) is 3.57. The highest BCUT2D eigenvalue weighted by Gasteiger charge is 2.32. The lowest BCUT2D eigenvalue weighted by molar-refractivity contribution is -0.125. The molecule has 1 fully saturated rings. The van der Waals surface area contributed by atoms with Crippen molar-refractivity contribution in [2.24, 2.45) is 5.92 Å². The van der Waals surface area contributed by atoms with Crippen molar-refractivity contribution in [2.45, 2.75) is 12.6 Å². The van der Waals surface area contributed by atoms with Crippen molar-refractivity contribution in [1.82, 2.24) is 10.6 Å². The van der Waals surface area contributed by atoms with Crippen molar-refractivity contribution in [2.75, 3.05) is 20.3 Å². The number of amides is 1. The summed E-state index contributed by atoms with van der Waals surface area (Å²) in [6, 6.07) is 7.59. The number of nitrogens with one attached hydrogen (secondary N) is 2. The number of ether oxygens (including phenoxy) is 1. The highest BCUT2D eigenvalue weighted by atomic mass is 35.5. The molecule has 2 N–H and O–H groups in total. The van der Waals surface area contributed by atoms with Crippen LogP contribution in [0.15, 0.2) is 24.3 Å². The zero-order valence-corrected chi connectivity index (χ0v) is 11.0. The van der Waals surface area contributed by atoms with E-state index in [1.54, 1.807) is 0 Å². The Labute approximate surface area is 112 Å². The summed E-state index contributed by atoms with van der Waals surface area (Å²) >= 11 is 6.03. The van der Waals surface area contributed by atoms with Gasteiger partial charge in [-0.2, -0.15) is 0 Å². The number of hydrogen-bond acceptors (Lipinski definition) is 3. The van der Waals surface area contributed by atoms with Gasteiger partial charge in [-0.25, -0.2) is 0 Å². The van der Waals surface area contributed by atoms with E-state index in [0.29, 0.717) is 24.8 Å². The standard InChI is InChI=1S/C13H17ClN2O2/c1-15-12-8-18-7-10(12)13(17)16-6-9-4-2-3-5-11(9)14/h2-5,10,12,15H,6-8H2,1H3,(H,16,17). The first kappa shape index (κ1) is 13.3. The third-order valence-electron chi connectivity index (χ3n) is 3.20. The Morgan fingerprint density at radius 1 is 1.44 bits per heavy atom. The van der Waals surface area contributed by atoms with E-state index >= 15 is 0 Å². The van der Waals surface area contributed by atoms with Crippen LogP contribution in [-0.4, -0.2) is 32.2 Å². The molecular weight excluding hydrogens is 252 g/mol. The number of halogens is 1. The molecule has 1 heterocycles. The van der Waals surface area contributed by atoms with Crippen LogP contribution < -0.4 is 10.6 Å². The van der Waals surface area contributed by atoms with Gasteiger partial charge in [0.15, 0.2) is 0 Å². The largest absolute Gasteiger partial charge is 0.379 e. The number of carbonyl (C=O) groups excluding carboxylic acids is 1. The molecule has 2 unspecified atom stereocenters. The molecule has 5 heteroatoms. The van der Waals surface area contributed by atoms with E-state index in [0.717, 1.165) is 5.56 Å². The molecule has 1 aromatic rings. The zero-order chi connectivity index (χ0) is 13.0. The maximum absolute atomic E-state index is 12.0. The fourth-order valence-corrected chi connectivity index (χ4v) is 2.25. The topological polar surface area (TPSA) is 50.4 Å². The molecule has 2 atom stereocenters. The van der Waals surface area contributed by atoms with E-state index in [-0.39, 0.29) is 17.9 Å². The predicted octanol–water partition coefficient (Wildman–Crippen LogP) is 1.19. The molecule has 98 valence electrons. The van der Waals surface area contributed by atoms with Crippen LogP contribution in [0.2, 0.25) is 5.02 Å². The summed E-state index contributed by atoms with van der Waals surface area (Å²) in [4.78, 5) is 12.0. The average Bonchev–Trinajstić information content (AvgIpc) is 2.86. The quantitative estimate of drug-likeness (QED) is 0.863. The van der Waals surface area contributed by atoms with Crippen molar-refractivity contribution >= 4 is 17.5 Å². The number of rotatable bonds is 4. The summed E-state index contributed by atoms with van der Waals surface area (Å²) in [6.07, 6.45) is 0. The van der Waals surface area contributed by atoms with Crippen LogP contribution in [0.25, 0.3) is 0 Å². The second kappa shape index (κ2) is 6.18. The molecule has 18 heavy (non-hydrogen) atoms. The van der Waals surface area contributed by atoms with Crippen molar-refractivity contribution in [3.63, 3.8) is 0 Å². The Kier molecular flexibility index (Phi) is 4.58. The molecule has 1 aromatic carbocycles. The van der Waals surface area contributed by atoms with E-state index in [2.05, 4.69) is 10.6 Å². The van der Waals surface area contributed by atoms with Crippen LogP contribution in [0.3, 0.4) is 0 Å². The van der Waals surface area contributed by atoms with Crippen LogP contribution >= 0.6 is 11.6 Å². The number of benzene rings is 1. The third kappa shape index (κ3) is 3.02. The minimum absolute atomic E-state index is 0.00627. The SMILES string of the molecule is CNC1COCC1C(=O)NCc1ccccc1Cl. The van der Waals surface area contributed by atoms with E-state index in [9.17, 15) is 4.79 Å². The van der Waals surface area contributed by atoms with Crippen LogP contribution in [0.5, 0.6) is 0 Å². The van der Waals surface area contributed by atoms with Gasteiger partial charge in [0.2, 0.25) is 5.91 Å². The van der Waals surface area contributed by atoms with Gasteiger partial charge in [0.25, 0.3) is 0 Å². The molecule has 0 aromatic heterocycles. The highest BCUT2D eigenvalue weighted by molar-refractivity contribution is 6.31. The summed E-state index contributed by atoms with van der Waals surface area (Å²) in [5, 5.41) is 6.67. The van der Waals surface area contributed by atoms with Gasteiger partial charge in [-0.1, -0.05) is 29.8 Å². The lowest BCUT2D eigenvalue weighted by atomic mass is 10.0. The van der Waals surface area contributed by atoms with Crippen molar-refractivity contribution in [3.05, 3.63) is 34.9 Å². The van der Waals surface area contributed by atoms with Crippen LogP contribution in [-0.2, 0) is 16.1 Å². The van der Waals surface area contributed by atoms with E-state index in [1.807, 2.05) is 31.3 Å². The van der Waals surface area contributed by atoms with Crippen LogP contribution in [0, 0.1) is 5.92 Å². The molecule has 1 saturated heterocycles. The first-order chi connectivity index (χ1) is 8.72. The summed E-state index contributed by atoms with van der Waals surface area (Å²) < 4.78 is 5.31. The van der Waals surface area contributed by atoms with Gasteiger partial charge in [0.1, 0.15) is 0 Å². The number of carbonyl (C=O) groups is 1. The molecule has 0 spiro atoms. The highest BCUT2D eigenvalue weighted by Crippen LogP contribution is 2.16. The molecule has 4 nitrogen and oxygen atoms in total. The normalized spacial score (nSPS) is 23.0. The molecule has 0 aliphatic carbocycles. The van der Waals surface area contributed by atoms with Gasteiger partial charge >= 0.3 is 0 Å². The predicted molar refractivity (Wildman–Crippen MR) is 70.5 cm³/mol. The Morgan fingerprint density at radius 3 is 2.94 bits per heavy atom. The van der Waals surface area contributed by atoms with Gasteiger partial charge in [-0.05, 0) is 18.7 Å². The minimum atomic E-state index is -0.127. The van der Waals surface area contributed by atoms with E-state index in [1.165, 1.54) is 0 Å². The Balaban J connectivity index is 1.90. The maximum atomic E-state index is 12.0. The van der Waals surface area contributed by atoms with E-state index < -0.39 is 0 Å². The van der Waals surface area contributed by atoms with E-state index in [4.69, 9.17) is 16.3 Å². The molecule has 2 rings (SSSR count). The van der Waals surface area contributed by atoms with Gasteiger partial charge < -0.3 is 15.4 Å². The maximum Gasteiger partial charge on any atom is 0.227 e. The van der Waals surface area contributed by atoms with Gasteiger partial charge in [0, 0.05) is 17.6 Å². The van der Waals surface area contributed by atoms with Crippen molar-refractivity contribution in [1.29, 1.82) is 0 Å².